The molecule has 0 bridgehead atoms. The second-order valence-corrected chi connectivity index (χ2v) is 7.33. The number of amides is 2. The van der Waals surface area contributed by atoms with Crippen molar-refractivity contribution in [2.45, 2.75) is 27.3 Å². The van der Waals surface area contributed by atoms with E-state index in [0.29, 0.717) is 13.1 Å². The van der Waals surface area contributed by atoms with Gasteiger partial charge >= 0.3 is 0 Å². The first-order chi connectivity index (χ1) is 10.7. The number of hydrogen-bond donors (Lipinski definition) is 2. The SMILES string of the molecule is CN(C)c1cc(CNC(=O)C2C(=O)NCC2C(C)(C)C)ccn1. The minimum absolute atomic E-state index is 0.00442. The first-order valence-corrected chi connectivity index (χ1v) is 7.88. The molecule has 6 heteroatoms. The van der Waals surface area contributed by atoms with Crippen molar-refractivity contribution in [3.8, 4) is 0 Å². The summed E-state index contributed by atoms with van der Waals surface area (Å²) in [5.41, 5.74) is 0.860. The molecule has 2 N–H and O–H groups in total. The van der Waals surface area contributed by atoms with Gasteiger partial charge in [0.05, 0.1) is 0 Å². The van der Waals surface area contributed by atoms with Crippen LogP contribution in [0, 0.1) is 17.3 Å². The molecule has 1 saturated heterocycles. The quantitative estimate of drug-likeness (QED) is 0.817. The van der Waals surface area contributed by atoms with Gasteiger partial charge in [-0.05, 0) is 23.1 Å². The summed E-state index contributed by atoms with van der Waals surface area (Å²) in [6, 6.07) is 3.79. The van der Waals surface area contributed by atoms with E-state index in [0.717, 1.165) is 11.4 Å². The number of aromatic nitrogens is 1. The maximum absolute atomic E-state index is 12.5. The van der Waals surface area contributed by atoms with Crippen LogP contribution in [0.4, 0.5) is 5.82 Å². The molecule has 1 fully saturated rings. The summed E-state index contributed by atoms with van der Waals surface area (Å²) >= 11 is 0. The predicted octanol–water partition coefficient (Wildman–Crippen LogP) is 1.17. The van der Waals surface area contributed by atoms with Crippen molar-refractivity contribution in [1.82, 2.24) is 15.6 Å². The Balaban J connectivity index is 2.04. The number of nitrogens with zero attached hydrogens (tertiary/aromatic N) is 2. The summed E-state index contributed by atoms with van der Waals surface area (Å²) in [6.07, 6.45) is 1.72. The van der Waals surface area contributed by atoms with E-state index in [1.54, 1.807) is 6.20 Å². The molecule has 2 rings (SSSR count). The van der Waals surface area contributed by atoms with Gasteiger partial charge in [-0.15, -0.1) is 0 Å². The lowest BCUT2D eigenvalue weighted by molar-refractivity contribution is -0.135. The van der Waals surface area contributed by atoms with Crippen molar-refractivity contribution >= 4 is 17.6 Å². The summed E-state index contributed by atoms with van der Waals surface area (Å²) < 4.78 is 0. The zero-order valence-electron chi connectivity index (χ0n) is 14.5. The third kappa shape index (κ3) is 4.00. The van der Waals surface area contributed by atoms with Crippen LogP contribution >= 0.6 is 0 Å². The van der Waals surface area contributed by atoms with Crippen LogP contribution in [-0.2, 0) is 16.1 Å². The van der Waals surface area contributed by atoms with Gasteiger partial charge < -0.3 is 15.5 Å². The molecule has 0 radical (unpaired) electrons. The lowest BCUT2D eigenvalue weighted by Crippen LogP contribution is -2.40. The van der Waals surface area contributed by atoms with Crippen LogP contribution in [-0.4, -0.2) is 37.4 Å². The van der Waals surface area contributed by atoms with E-state index in [1.165, 1.54) is 0 Å². The Bertz CT molecular complexity index is 593. The minimum Gasteiger partial charge on any atom is -0.363 e. The van der Waals surface area contributed by atoms with E-state index < -0.39 is 5.92 Å². The van der Waals surface area contributed by atoms with E-state index in [2.05, 4.69) is 36.4 Å². The summed E-state index contributed by atoms with van der Waals surface area (Å²) in [5, 5.41) is 5.71. The van der Waals surface area contributed by atoms with Gasteiger partial charge in [-0.3, -0.25) is 9.59 Å². The lowest BCUT2D eigenvalue weighted by Gasteiger charge is -2.29. The Morgan fingerprint density at radius 2 is 2.13 bits per heavy atom. The topological polar surface area (TPSA) is 74.3 Å². The summed E-state index contributed by atoms with van der Waals surface area (Å²) in [5.74, 6) is -0.160. The molecule has 0 spiro atoms. The standard InChI is InChI=1S/C17H26N4O2/c1-17(2,3)12-10-20-16(23)14(12)15(22)19-9-11-6-7-18-13(8-11)21(4)5/h6-8,12,14H,9-10H2,1-5H3,(H,19,22)(H,20,23). The van der Waals surface area contributed by atoms with Crippen molar-refractivity contribution in [3.63, 3.8) is 0 Å². The first-order valence-electron chi connectivity index (χ1n) is 7.88. The van der Waals surface area contributed by atoms with Crippen molar-refractivity contribution in [1.29, 1.82) is 0 Å². The molecule has 2 amide bonds. The van der Waals surface area contributed by atoms with Crippen LogP contribution in [0.15, 0.2) is 18.3 Å². The number of carbonyl (C=O) groups is 2. The molecular formula is C17H26N4O2. The molecule has 126 valence electrons. The third-order valence-electron chi connectivity index (χ3n) is 4.31. The van der Waals surface area contributed by atoms with Gasteiger partial charge in [0, 0.05) is 39.3 Å². The third-order valence-corrected chi connectivity index (χ3v) is 4.31. The summed E-state index contributed by atoms with van der Waals surface area (Å²) in [6.45, 7) is 7.13. The number of anilines is 1. The Labute approximate surface area is 137 Å². The van der Waals surface area contributed by atoms with Gasteiger partial charge in [-0.1, -0.05) is 20.8 Å². The Hall–Kier alpha value is -2.11. The van der Waals surface area contributed by atoms with Gasteiger partial charge in [0.15, 0.2) is 0 Å². The van der Waals surface area contributed by atoms with Crippen molar-refractivity contribution < 1.29 is 9.59 Å². The fraction of sp³-hybridized carbons (Fsp3) is 0.588. The number of rotatable bonds is 4. The summed E-state index contributed by atoms with van der Waals surface area (Å²) in [4.78, 5) is 30.7. The zero-order chi connectivity index (χ0) is 17.2. The molecule has 1 aliphatic rings. The highest BCUT2D eigenvalue weighted by molar-refractivity contribution is 6.02. The van der Waals surface area contributed by atoms with Crippen LogP contribution in [0.25, 0.3) is 0 Å². The van der Waals surface area contributed by atoms with Gasteiger partial charge in [-0.2, -0.15) is 0 Å². The fourth-order valence-corrected chi connectivity index (χ4v) is 2.84. The Morgan fingerprint density at radius 3 is 2.74 bits per heavy atom. The number of pyridine rings is 1. The molecule has 1 aromatic heterocycles. The largest absolute Gasteiger partial charge is 0.363 e. The van der Waals surface area contributed by atoms with E-state index in [9.17, 15) is 9.59 Å². The average Bonchev–Trinajstić information content (AvgIpc) is 2.87. The highest BCUT2D eigenvalue weighted by atomic mass is 16.2. The maximum atomic E-state index is 12.5. The number of nitrogens with one attached hydrogen (secondary N) is 2. The molecule has 1 aromatic rings. The normalized spacial score (nSPS) is 21.0. The highest BCUT2D eigenvalue weighted by Gasteiger charge is 2.45. The molecule has 2 unspecified atom stereocenters. The molecule has 1 aliphatic heterocycles. The lowest BCUT2D eigenvalue weighted by atomic mass is 9.74. The molecular weight excluding hydrogens is 292 g/mol. The monoisotopic (exact) mass is 318 g/mol. The molecule has 2 heterocycles. The van der Waals surface area contributed by atoms with E-state index >= 15 is 0 Å². The minimum atomic E-state index is -0.620. The van der Waals surface area contributed by atoms with Crippen molar-refractivity contribution in [2.24, 2.45) is 17.3 Å². The van der Waals surface area contributed by atoms with E-state index in [1.807, 2.05) is 31.1 Å². The zero-order valence-corrected chi connectivity index (χ0v) is 14.5. The first kappa shape index (κ1) is 17.2. The molecule has 23 heavy (non-hydrogen) atoms. The Kier molecular flexibility index (Phi) is 4.92. The molecule has 2 atom stereocenters. The smallest absolute Gasteiger partial charge is 0.233 e. The number of hydrogen-bond acceptors (Lipinski definition) is 4. The Morgan fingerprint density at radius 1 is 1.43 bits per heavy atom. The predicted molar refractivity (Wildman–Crippen MR) is 89.9 cm³/mol. The van der Waals surface area contributed by atoms with Gasteiger partial charge in [0.1, 0.15) is 11.7 Å². The average molecular weight is 318 g/mol. The van der Waals surface area contributed by atoms with Crippen molar-refractivity contribution in [3.05, 3.63) is 23.9 Å². The fourth-order valence-electron chi connectivity index (χ4n) is 2.84. The van der Waals surface area contributed by atoms with E-state index in [-0.39, 0.29) is 23.1 Å². The van der Waals surface area contributed by atoms with Crippen LogP contribution < -0.4 is 15.5 Å². The van der Waals surface area contributed by atoms with E-state index in [4.69, 9.17) is 0 Å². The summed E-state index contributed by atoms with van der Waals surface area (Å²) in [7, 11) is 3.84. The van der Waals surface area contributed by atoms with Crippen LogP contribution in [0.1, 0.15) is 26.3 Å². The second-order valence-electron chi connectivity index (χ2n) is 7.33. The van der Waals surface area contributed by atoms with Gasteiger partial charge in [0.25, 0.3) is 0 Å². The number of carbonyl (C=O) groups excluding carboxylic acids is 2. The van der Waals surface area contributed by atoms with Crippen molar-refractivity contribution in [2.75, 3.05) is 25.5 Å². The second kappa shape index (κ2) is 6.56. The van der Waals surface area contributed by atoms with Crippen LogP contribution in [0.3, 0.4) is 0 Å². The van der Waals surface area contributed by atoms with Gasteiger partial charge in [-0.25, -0.2) is 4.98 Å². The molecule has 0 saturated carbocycles. The van der Waals surface area contributed by atoms with Gasteiger partial charge in [0.2, 0.25) is 11.8 Å². The molecule has 6 nitrogen and oxygen atoms in total. The highest BCUT2D eigenvalue weighted by Crippen LogP contribution is 2.35. The molecule has 0 aromatic carbocycles. The van der Waals surface area contributed by atoms with Crippen LogP contribution in [0.2, 0.25) is 0 Å². The maximum Gasteiger partial charge on any atom is 0.233 e. The van der Waals surface area contributed by atoms with Crippen LogP contribution in [0.5, 0.6) is 0 Å². The molecule has 0 aliphatic carbocycles.